The molecule has 0 atom stereocenters. The minimum atomic E-state index is -4.74. The summed E-state index contributed by atoms with van der Waals surface area (Å²) in [4.78, 5) is -0.332. The van der Waals surface area contributed by atoms with E-state index in [0.717, 1.165) is 12.1 Å². The number of benzene rings is 2. The Balaban J connectivity index is 2.43. The zero-order valence-corrected chi connectivity index (χ0v) is 13.8. The van der Waals surface area contributed by atoms with Gasteiger partial charge in [-0.1, -0.05) is 0 Å². The first-order chi connectivity index (χ1) is 11.6. The summed E-state index contributed by atoms with van der Waals surface area (Å²) in [6, 6.07) is 4.99. The summed E-state index contributed by atoms with van der Waals surface area (Å²) >= 11 is 0. The van der Waals surface area contributed by atoms with Gasteiger partial charge in [0, 0.05) is 6.07 Å². The van der Waals surface area contributed by atoms with E-state index < -0.39 is 33.3 Å². The van der Waals surface area contributed by atoms with Gasteiger partial charge < -0.3 is 9.47 Å². The summed E-state index contributed by atoms with van der Waals surface area (Å²) in [6.45, 7) is 0. The van der Waals surface area contributed by atoms with Crippen LogP contribution in [0.15, 0.2) is 41.3 Å². The quantitative estimate of drug-likeness (QED) is 0.806. The van der Waals surface area contributed by atoms with Crippen LogP contribution in [0.1, 0.15) is 5.56 Å². The molecule has 2 aromatic rings. The van der Waals surface area contributed by atoms with Gasteiger partial charge in [0.15, 0.2) is 11.5 Å². The predicted octanol–water partition coefficient (Wildman–Crippen LogP) is 3.66. The molecule has 0 saturated carbocycles. The lowest BCUT2D eigenvalue weighted by molar-refractivity contribution is -0.137. The molecular weight excluding hydrogens is 366 g/mol. The minimum Gasteiger partial charge on any atom is -0.493 e. The molecule has 1 N–H and O–H groups in total. The third-order valence-electron chi connectivity index (χ3n) is 3.20. The number of alkyl halides is 3. The van der Waals surface area contributed by atoms with E-state index in [1.54, 1.807) is 4.72 Å². The van der Waals surface area contributed by atoms with Crippen LogP contribution in [0.25, 0.3) is 0 Å². The Hall–Kier alpha value is -2.49. The van der Waals surface area contributed by atoms with Gasteiger partial charge in [0.05, 0.1) is 30.4 Å². The Kier molecular flexibility index (Phi) is 5.12. The molecule has 0 aliphatic rings. The van der Waals surface area contributed by atoms with Crippen LogP contribution in [0.3, 0.4) is 0 Å². The van der Waals surface area contributed by atoms with Gasteiger partial charge in [0.1, 0.15) is 5.82 Å². The number of methoxy groups -OCH3 is 2. The van der Waals surface area contributed by atoms with E-state index >= 15 is 0 Å². The van der Waals surface area contributed by atoms with E-state index in [9.17, 15) is 26.0 Å². The fourth-order valence-corrected chi connectivity index (χ4v) is 3.04. The highest BCUT2D eigenvalue weighted by atomic mass is 32.2. The van der Waals surface area contributed by atoms with Gasteiger partial charge in [-0.2, -0.15) is 13.2 Å². The number of hydrogen-bond donors (Lipinski definition) is 1. The van der Waals surface area contributed by atoms with Gasteiger partial charge in [-0.25, -0.2) is 12.8 Å². The lowest BCUT2D eigenvalue weighted by atomic mass is 10.2. The first kappa shape index (κ1) is 18.8. The molecule has 0 radical (unpaired) electrons. The Bertz CT molecular complexity index is 882. The van der Waals surface area contributed by atoms with Crippen molar-refractivity contribution in [3.05, 3.63) is 47.8 Å². The third-order valence-corrected chi connectivity index (χ3v) is 4.57. The van der Waals surface area contributed by atoms with Gasteiger partial charge in [0.25, 0.3) is 10.0 Å². The highest BCUT2D eigenvalue weighted by molar-refractivity contribution is 7.92. The highest BCUT2D eigenvalue weighted by Crippen LogP contribution is 2.33. The van der Waals surface area contributed by atoms with Crippen molar-refractivity contribution in [3.8, 4) is 11.5 Å². The molecule has 25 heavy (non-hydrogen) atoms. The van der Waals surface area contributed by atoms with Crippen LogP contribution in [0.4, 0.5) is 23.2 Å². The van der Waals surface area contributed by atoms with Crippen LogP contribution in [0.5, 0.6) is 11.5 Å². The molecule has 0 bridgehead atoms. The van der Waals surface area contributed by atoms with E-state index in [2.05, 4.69) is 0 Å². The van der Waals surface area contributed by atoms with Crippen LogP contribution in [0, 0.1) is 5.82 Å². The highest BCUT2D eigenvalue weighted by Gasteiger charge is 2.31. The zero-order valence-electron chi connectivity index (χ0n) is 13.0. The molecule has 0 spiro atoms. The molecule has 136 valence electrons. The first-order valence-corrected chi connectivity index (χ1v) is 8.18. The van der Waals surface area contributed by atoms with Crippen molar-refractivity contribution in [1.82, 2.24) is 0 Å². The molecule has 0 fully saturated rings. The molecule has 10 heteroatoms. The van der Waals surface area contributed by atoms with Crippen molar-refractivity contribution in [1.29, 1.82) is 0 Å². The average molecular weight is 379 g/mol. The van der Waals surface area contributed by atoms with E-state index in [0.29, 0.717) is 18.2 Å². The van der Waals surface area contributed by atoms with Gasteiger partial charge >= 0.3 is 6.18 Å². The number of nitrogens with one attached hydrogen (secondary N) is 1. The van der Waals surface area contributed by atoms with E-state index in [4.69, 9.17) is 9.47 Å². The molecular formula is C15H13F4NO4S. The molecule has 0 unspecified atom stereocenters. The predicted molar refractivity (Wildman–Crippen MR) is 81.8 cm³/mol. The Morgan fingerprint density at radius 2 is 1.60 bits per heavy atom. The van der Waals surface area contributed by atoms with Crippen LogP contribution in [-0.4, -0.2) is 22.6 Å². The summed E-state index contributed by atoms with van der Waals surface area (Å²) in [5, 5.41) is 0. The molecule has 0 amide bonds. The van der Waals surface area contributed by atoms with Crippen LogP contribution < -0.4 is 14.2 Å². The first-order valence-electron chi connectivity index (χ1n) is 6.70. The molecule has 2 rings (SSSR count). The summed E-state index contributed by atoms with van der Waals surface area (Å²) in [5.74, 6) is -0.793. The fourth-order valence-electron chi connectivity index (χ4n) is 1.97. The van der Waals surface area contributed by atoms with Crippen molar-refractivity contribution in [2.24, 2.45) is 0 Å². The number of halogens is 4. The summed E-state index contributed by atoms with van der Waals surface area (Å²) in [7, 11) is -1.71. The number of anilines is 1. The molecule has 0 aromatic heterocycles. The molecule has 0 saturated heterocycles. The van der Waals surface area contributed by atoms with Crippen LogP contribution >= 0.6 is 0 Å². The second kappa shape index (κ2) is 6.79. The second-order valence-corrected chi connectivity index (χ2v) is 6.50. The fraction of sp³-hybridized carbons (Fsp3) is 0.200. The number of rotatable bonds is 5. The summed E-state index contributed by atoms with van der Waals surface area (Å²) in [5.41, 5.74) is -2.00. The van der Waals surface area contributed by atoms with Crippen molar-refractivity contribution in [2.75, 3.05) is 18.9 Å². The molecule has 0 aliphatic heterocycles. The number of ether oxygens (including phenoxy) is 2. The zero-order chi connectivity index (χ0) is 18.8. The van der Waals surface area contributed by atoms with Gasteiger partial charge in [-0.3, -0.25) is 4.72 Å². The second-order valence-electron chi connectivity index (χ2n) is 4.81. The SMILES string of the molecule is COc1ccc(S(=O)(=O)Nc2cc(C(F)(F)F)ccc2F)cc1OC. The van der Waals surface area contributed by atoms with Crippen molar-refractivity contribution in [3.63, 3.8) is 0 Å². The van der Waals surface area contributed by atoms with Crippen molar-refractivity contribution >= 4 is 15.7 Å². The number of sulfonamides is 1. The monoisotopic (exact) mass is 379 g/mol. The van der Waals surface area contributed by atoms with Crippen molar-refractivity contribution in [2.45, 2.75) is 11.1 Å². The Labute approximate surface area is 141 Å². The molecule has 0 aliphatic carbocycles. The maximum Gasteiger partial charge on any atom is 0.416 e. The third kappa shape index (κ3) is 4.13. The van der Waals surface area contributed by atoms with Gasteiger partial charge in [-0.15, -0.1) is 0 Å². The Morgan fingerprint density at radius 1 is 0.960 bits per heavy atom. The van der Waals surface area contributed by atoms with Gasteiger partial charge in [0.2, 0.25) is 0 Å². The standard InChI is InChI=1S/C15H13F4NO4S/c1-23-13-6-4-10(8-14(13)24-2)25(21,22)20-12-7-9(15(17,18)19)3-5-11(12)16/h3-8,20H,1-2H3. The Morgan fingerprint density at radius 3 is 2.16 bits per heavy atom. The molecule has 5 nitrogen and oxygen atoms in total. The lowest BCUT2D eigenvalue weighted by Crippen LogP contribution is -2.15. The van der Waals surface area contributed by atoms with Gasteiger partial charge in [-0.05, 0) is 30.3 Å². The molecule has 2 aromatic carbocycles. The van der Waals surface area contributed by atoms with Crippen LogP contribution in [0.2, 0.25) is 0 Å². The van der Waals surface area contributed by atoms with Crippen LogP contribution in [-0.2, 0) is 16.2 Å². The lowest BCUT2D eigenvalue weighted by Gasteiger charge is -2.13. The smallest absolute Gasteiger partial charge is 0.416 e. The normalized spacial score (nSPS) is 11.9. The van der Waals surface area contributed by atoms with E-state index in [1.165, 1.54) is 20.3 Å². The van der Waals surface area contributed by atoms with E-state index in [1.807, 2.05) is 0 Å². The van der Waals surface area contributed by atoms with Crippen molar-refractivity contribution < 1.29 is 35.5 Å². The number of hydrogen-bond acceptors (Lipinski definition) is 4. The van der Waals surface area contributed by atoms with E-state index in [-0.39, 0.29) is 16.4 Å². The topological polar surface area (TPSA) is 64.6 Å². The summed E-state index contributed by atoms with van der Waals surface area (Å²) < 4.78 is 88.2. The average Bonchev–Trinajstić information content (AvgIpc) is 2.54. The molecule has 0 heterocycles. The minimum absolute atomic E-state index is 0.0925. The largest absolute Gasteiger partial charge is 0.493 e. The summed E-state index contributed by atoms with van der Waals surface area (Å²) in [6.07, 6.45) is -4.74. The maximum absolute atomic E-state index is 13.7. The maximum atomic E-state index is 13.7.